The summed E-state index contributed by atoms with van der Waals surface area (Å²) in [7, 11) is 0. The zero-order chi connectivity index (χ0) is 12.1. The number of aliphatic hydroxyl groups excluding tert-OH is 1. The van der Waals surface area contributed by atoms with E-state index in [1.807, 2.05) is 0 Å². The van der Waals surface area contributed by atoms with Crippen molar-refractivity contribution in [2.45, 2.75) is 12.6 Å². The van der Waals surface area contributed by atoms with Gasteiger partial charge in [0.25, 0.3) is 0 Å². The van der Waals surface area contributed by atoms with Gasteiger partial charge in [0.05, 0.1) is 4.92 Å². The molecule has 1 aromatic rings. The fourth-order valence-corrected chi connectivity index (χ4v) is 1.73. The molecule has 0 radical (unpaired) electrons. The first kappa shape index (κ1) is 12.6. The normalized spacial score (nSPS) is 12.3. The van der Waals surface area contributed by atoms with E-state index in [2.05, 4.69) is 5.32 Å². The Morgan fingerprint density at radius 3 is 2.94 bits per heavy atom. The first-order valence-electron chi connectivity index (χ1n) is 4.40. The fraction of sp³-hybridized carbons (Fsp3) is 0.375. The molecule has 0 aliphatic rings. The summed E-state index contributed by atoms with van der Waals surface area (Å²) in [6.07, 6.45) is -1.24. The van der Waals surface area contributed by atoms with Gasteiger partial charge in [0.2, 0.25) is 5.91 Å². The first-order chi connectivity index (χ1) is 7.50. The van der Waals surface area contributed by atoms with E-state index in [0.717, 1.165) is 16.9 Å². The highest BCUT2D eigenvalue weighted by molar-refractivity contribution is 7.13. The number of hydrogen-bond donors (Lipinski definition) is 3. The molecular weight excluding hydrogens is 234 g/mol. The van der Waals surface area contributed by atoms with Gasteiger partial charge in [0.1, 0.15) is 6.10 Å². The highest BCUT2D eigenvalue weighted by Gasteiger charge is 2.11. The molecule has 1 atom stereocenters. The number of nitro groups is 1. The number of thiophene rings is 1. The molecule has 1 unspecified atom stereocenters. The second-order valence-corrected chi connectivity index (χ2v) is 3.99. The van der Waals surface area contributed by atoms with Crippen LogP contribution in [0, 0.1) is 10.1 Å². The molecule has 0 aromatic carbocycles. The minimum Gasteiger partial charge on any atom is -0.382 e. The van der Waals surface area contributed by atoms with Crippen LogP contribution in [0.1, 0.15) is 5.56 Å². The van der Waals surface area contributed by atoms with E-state index in [0.29, 0.717) is 6.54 Å². The van der Waals surface area contributed by atoms with E-state index in [-0.39, 0.29) is 11.5 Å². The number of nitrogens with two attached hydrogens (primary N) is 1. The number of hydrogen-bond acceptors (Lipinski definition) is 6. The minimum atomic E-state index is -1.24. The average molecular weight is 245 g/mol. The standard InChI is InChI=1S/C8H11N3O4S/c9-8(13)6(12)3-10-2-5-1-7(11(14)15)16-4-5/h1,4,6,10,12H,2-3H2,(H2,9,13). The van der Waals surface area contributed by atoms with E-state index < -0.39 is 16.9 Å². The summed E-state index contributed by atoms with van der Waals surface area (Å²) in [6.45, 7) is 0.369. The van der Waals surface area contributed by atoms with Crippen LogP contribution in [0.4, 0.5) is 5.00 Å². The average Bonchev–Trinajstić information content (AvgIpc) is 2.66. The van der Waals surface area contributed by atoms with Crippen LogP contribution in [-0.2, 0) is 11.3 Å². The number of amides is 1. The lowest BCUT2D eigenvalue weighted by atomic mass is 10.3. The predicted molar refractivity (Wildman–Crippen MR) is 57.9 cm³/mol. The number of primary amides is 1. The van der Waals surface area contributed by atoms with Crippen molar-refractivity contribution in [1.29, 1.82) is 0 Å². The Labute approximate surface area is 95.0 Å². The molecule has 1 amide bonds. The van der Waals surface area contributed by atoms with Crippen molar-refractivity contribution in [3.05, 3.63) is 27.1 Å². The summed E-state index contributed by atoms with van der Waals surface area (Å²) >= 11 is 1.03. The maximum atomic E-state index is 10.5. The van der Waals surface area contributed by atoms with E-state index in [1.54, 1.807) is 5.38 Å². The van der Waals surface area contributed by atoms with Gasteiger partial charge in [-0.3, -0.25) is 14.9 Å². The Morgan fingerprint density at radius 1 is 1.75 bits per heavy atom. The van der Waals surface area contributed by atoms with E-state index in [1.165, 1.54) is 6.07 Å². The molecule has 16 heavy (non-hydrogen) atoms. The largest absolute Gasteiger partial charge is 0.382 e. The highest BCUT2D eigenvalue weighted by Crippen LogP contribution is 2.22. The molecule has 0 aliphatic carbocycles. The van der Waals surface area contributed by atoms with Gasteiger partial charge in [-0.15, -0.1) is 0 Å². The summed E-state index contributed by atoms with van der Waals surface area (Å²) in [5.41, 5.74) is 5.57. The second kappa shape index (κ2) is 5.54. The number of aliphatic hydroxyl groups is 1. The number of carbonyl (C=O) groups excluding carboxylic acids is 1. The lowest BCUT2D eigenvalue weighted by molar-refractivity contribution is -0.380. The van der Waals surface area contributed by atoms with E-state index >= 15 is 0 Å². The summed E-state index contributed by atoms with van der Waals surface area (Å²) in [4.78, 5) is 20.4. The number of rotatable bonds is 6. The van der Waals surface area contributed by atoms with Crippen LogP contribution in [0.15, 0.2) is 11.4 Å². The van der Waals surface area contributed by atoms with Crippen molar-refractivity contribution < 1.29 is 14.8 Å². The topological polar surface area (TPSA) is 118 Å². The molecule has 1 aromatic heterocycles. The summed E-state index contributed by atoms with van der Waals surface area (Å²) in [5, 5.41) is 23.9. The van der Waals surface area contributed by atoms with Crippen LogP contribution >= 0.6 is 11.3 Å². The number of carbonyl (C=O) groups is 1. The van der Waals surface area contributed by atoms with Crippen molar-refractivity contribution in [1.82, 2.24) is 5.32 Å². The van der Waals surface area contributed by atoms with Crippen molar-refractivity contribution in [2.75, 3.05) is 6.54 Å². The molecular formula is C8H11N3O4S. The quantitative estimate of drug-likeness (QED) is 0.465. The van der Waals surface area contributed by atoms with Crippen molar-refractivity contribution in [3.63, 3.8) is 0 Å². The second-order valence-electron chi connectivity index (χ2n) is 3.10. The zero-order valence-corrected chi connectivity index (χ0v) is 9.07. The number of nitrogens with one attached hydrogen (secondary N) is 1. The Kier molecular flexibility index (Phi) is 4.35. The van der Waals surface area contributed by atoms with Crippen LogP contribution in [0.25, 0.3) is 0 Å². The number of nitrogens with zero attached hydrogens (tertiary/aromatic N) is 1. The van der Waals surface area contributed by atoms with E-state index in [9.17, 15) is 14.9 Å². The summed E-state index contributed by atoms with van der Waals surface area (Å²) in [5.74, 6) is -0.802. The molecule has 0 saturated heterocycles. The van der Waals surface area contributed by atoms with Crippen LogP contribution in [-0.4, -0.2) is 28.6 Å². The zero-order valence-electron chi connectivity index (χ0n) is 8.25. The highest BCUT2D eigenvalue weighted by atomic mass is 32.1. The molecule has 1 rings (SSSR count). The van der Waals surface area contributed by atoms with Gasteiger partial charge in [0.15, 0.2) is 0 Å². The third kappa shape index (κ3) is 3.57. The molecule has 0 saturated carbocycles. The van der Waals surface area contributed by atoms with Crippen molar-refractivity contribution in [3.8, 4) is 0 Å². The van der Waals surface area contributed by atoms with Gasteiger partial charge in [-0.2, -0.15) is 0 Å². The summed E-state index contributed by atoms with van der Waals surface area (Å²) in [6, 6.07) is 1.44. The van der Waals surface area contributed by atoms with Gasteiger partial charge in [0, 0.05) is 24.5 Å². The van der Waals surface area contributed by atoms with Crippen LogP contribution in [0.3, 0.4) is 0 Å². The molecule has 0 aliphatic heterocycles. The molecule has 88 valence electrons. The van der Waals surface area contributed by atoms with Crippen molar-refractivity contribution >= 4 is 22.2 Å². The van der Waals surface area contributed by atoms with Gasteiger partial charge in [-0.25, -0.2) is 0 Å². The Morgan fingerprint density at radius 2 is 2.44 bits per heavy atom. The van der Waals surface area contributed by atoms with Gasteiger partial charge >= 0.3 is 5.00 Å². The lowest BCUT2D eigenvalue weighted by Crippen LogP contribution is -2.37. The Hall–Kier alpha value is -1.51. The third-order valence-electron chi connectivity index (χ3n) is 1.82. The molecule has 0 fully saturated rings. The predicted octanol–water partition coefficient (Wildman–Crippen LogP) is -0.408. The molecule has 4 N–H and O–H groups in total. The van der Waals surface area contributed by atoms with Crippen LogP contribution in [0.2, 0.25) is 0 Å². The molecule has 7 nitrogen and oxygen atoms in total. The van der Waals surface area contributed by atoms with Gasteiger partial charge in [-0.05, 0) is 5.56 Å². The Balaban J connectivity index is 2.37. The fourth-order valence-electron chi connectivity index (χ4n) is 1.00. The molecule has 8 heteroatoms. The molecule has 1 heterocycles. The SMILES string of the molecule is NC(=O)C(O)CNCc1csc([N+](=O)[O-])c1. The maximum Gasteiger partial charge on any atom is 0.324 e. The van der Waals surface area contributed by atoms with Crippen LogP contribution in [0.5, 0.6) is 0 Å². The van der Waals surface area contributed by atoms with Crippen LogP contribution < -0.4 is 11.1 Å². The Bertz CT molecular complexity index is 392. The molecule has 0 bridgehead atoms. The maximum absolute atomic E-state index is 10.5. The van der Waals surface area contributed by atoms with Crippen molar-refractivity contribution in [2.24, 2.45) is 5.73 Å². The first-order valence-corrected chi connectivity index (χ1v) is 5.28. The third-order valence-corrected chi connectivity index (χ3v) is 2.74. The summed E-state index contributed by atoms with van der Waals surface area (Å²) < 4.78 is 0. The van der Waals surface area contributed by atoms with Gasteiger partial charge < -0.3 is 16.2 Å². The monoisotopic (exact) mass is 245 g/mol. The smallest absolute Gasteiger partial charge is 0.324 e. The van der Waals surface area contributed by atoms with Gasteiger partial charge in [-0.1, -0.05) is 11.3 Å². The van der Waals surface area contributed by atoms with E-state index in [4.69, 9.17) is 10.8 Å². The lowest BCUT2D eigenvalue weighted by Gasteiger charge is -2.06. The minimum absolute atomic E-state index is 0.0268. The molecule has 0 spiro atoms.